The molecule has 12 heavy (non-hydrogen) atoms. The van der Waals surface area contributed by atoms with Gasteiger partial charge in [0.2, 0.25) is 0 Å². The van der Waals surface area contributed by atoms with E-state index in [9.17, 15) is 4.39 Å². The van der Waals surface area contributed by atoms with Gasteiger partial charge in [-0.3, -0.25) is 4.90 Å². The van der Waals surface area contributed by atoms with Crippen LogP contribution in [0.4, 0.5) is 4.39 Å². The van der Waals surface area contributed by atoms with Crippen molar-refractivity contribution in [1.82, 2.24) is 4.90 Å². The first-order valence-electron chi connectivity index (χ1n) is 3.77. The Kier molecular flexibility index (Phi) is 3.19. The van der Waals surface area contributed by atoms with Crippen LogP contribution in [0.1, 0.15) is 5.56 Å². The first kappa shape index (κ1) is 9.16. The van der Waals surface area contributed by atoms with Gasteiger partial charge in [-0.15, -0.1) is 0 Å². The molecule has 0 saturated heterocycles. The number of nitrogens with zero attached hydrogens (tertiary/aromatic N) is 1. The van der Waals surface area contributed by atoms with Crippen LogP contribution in [0.5, 0.6) is 0 Å². The van der Waals surface area contributed by atoms with Gasteiger partial charge in [-0.1, -0.05) is 18.2 Å². The van der Waals surface area contributed by atoms with Gasteiger partial charge in [0.1, 0.15) is 5.82 Å². The summed E-state index contributed by atoms with van der Waals surface area (Å²) in [4.78, 5) is 1.62. The summed E-state index contributed by atoms with van der Waals surface area (Å²) in [5, 5.41) is 8.69. The predicted molar refractivity (Wildman–Crippen MR) is 45.0 cm³/mol. The van der Waals surface area contributed by atoms with E-state index in [1.807, 2.05) is 0 Å². The van der Waals surface area contributed by atoms with Crippen LogP contribution in [0.25, 0.3) is 0 Å². The van der Waals surface area contributed by atoms with E-state index in [-0.39, 0.29) is 12.5 Å². The molecule has 0 fully saturated rings. The fraction of sp³-hybridized carbons (Fsp3) is 0.333. The third-order valence-electron chi connectivity index (χ3n) is 1.64. The predicted octanol–water partition coefficient (Wildman–Crippen LogP) is 1.21. The van der Waals surface area contributed by atoms with Crippen LogP contribution in [0.15, 0.2) is 24.3 Å². The molecule has 0 radical (unpaired) electrons. The van der Waals surface area contributed by atoms with Gasteiger partial charge in [0.25, 0.3) is 0 Å². The van der Waals surface area contributed by atoms with Gasteiger partial charge in [0.05, 0.1) is 6.73 Å². The third kappa shape index (κ3) is 2.29. The van der Waals surface area contributed by atoms with E-state index in [0.717, 1.165) is 0 Å². The van der Waals surface area contributed by atoms with Crippen molar-refractivity contribution < 1.29 is 9.50 Å². The molecule has 1 N–H and O–H groups in total. The van der Waals surface area contributed by atoms with Crippen LogP contribution < -0.4 is 0 Å². The number of aliphatic hydroxyl groups is 1. The van der Waals surface area contributed by atoms with Gasteiger partial charge in [0.15, 0.2) is 0 Å². The SMILES string of the molecule is CN(CO)Cc1ccccc1F. The zero-order valence-electron chi connectivity index (χ0n) is 7.00. The molecule has 0 bridgehead atoms. The molecule has 0 amide bonds. The van der Waals surface area contributed by atoms with E-state index < -0.39 is 0 Å². The van der Waals surface area contributed by atoms with Crippen LogP contribution in [0, 0.1) is 5.82 Å². The third-order valence-corrected chi connectivity index (χ3v) is 1.64. The van der Waals surface area contributed by atoms with Crippen LogP contribution >= 0.6 is 0 Å². The standard InChI is InChI=1S/C9H12FNO/c1-11(7-12)6-8-4-2-3-5-9(8)10/h2-5,12H,6-7H2,1H3. The second-order valence-electron chi connectivity index (χ2n) is 2.75. The lowest BCUT2D eigenvalue weighted by atomic mass is 10.2. The highest BCUT2D eigenvalue weighted by Crippen LogP contribution is 2.07. The van der Waals surface area contributed by atoms with Crippen LogP contribution in [0.3, 0.4) is 0 Å². The minimum atomic E-state index is -0.224. The summed E-state index contributed by atoms with van der Waals surface area (Å²) >= 11 is 0. The number of rotatable bonds is 3. The van der Waals surface area contributed by atoms with Crippen molar-refractivity contribution in [1.29, 1.82) is 0 Å². The second kappa shape index (κ2) is 4.18. The maximum absolute atomic E-state index is 13.0. The van der Waals surface area contributed by atoms with Crippen LogP contribution in [0.2, 0.25) is 0 Å². The molecule has 1 rings (SSSR count). The Labute approximate surface area is 71.2 Å². The Morgan fingerprint density at radius 1 is 1.42 bits per heavy atom. The number of benzene rings is 1. The van der Waals surface area contributed by atoms with Crippen molar-refractivity contribution >= 4 is 0 Å². The fourth-order valence-corrected chi connectivity index (χ4v) is 0.967. The molecule has 1 aromatic rings. The summed E-state index contributed by atoms with van der Waals surface area (Å²) in [6, 6.07) is 6.56. The Bertz CT molecular complexity index is 252. The molecule has 2 nitrogen and oxygen atoms in total. The van der Waals surface area contributed by atoms with Crippen LogP contribution in [-0.2, 0) is 6.54 Å². The normalized spacial score (nSPS) is 10.7. The quantitative estimate of drug-likeness (QED) is 0.687. The highest BCUT2D eigenvalue weighted by Gasteiger charge is 2.02. The Hall–Kier alpha value is -0.930. The van der Waals surface area contributed by atoms with Crippen LogP contribution in [-0.4, -0.2) is 23.8 Å². The first-order valence-corrected chi connectivity index (χ1v) is 3.77. The van der Waals surface area contributed by atoms with Crippen molar-refractivity contribution in [2.75, 3.05) is 13.8 Å². The van der Waals surface area contributed by atoms with E-state index in [2.05, 4.69) is 0 Å². The molecule has 3 heteroatoms. The lowest BCUT2D eigenvalue weighted by Gasteiger charge is -2.12. The van der Waals surface area contributed by atoms with Gasteiger partial charge >= 0.3 is 0 Å². The Morgan fingerprint density at radius 2 is 2.08 bits per heavy atom. The molecular weight excluding hydrogens is 157 g/mol. The molecule has 1 aromatic carbocycles. The average molecular weight is 169 g/mol. The minimum absolute atomic E-state index is 0.0612. The Balaban J connectivity index is 2.69. The zero-order valence-corrected chi connectivity index (χ0v) is 7.00. The first-order chi connectivity index (χ1) is 5.74. The van der Waals surface area contributed by atoms with Gasteiger partial charge in [-0.25, -0.2) is 4.39 Å². The summed E-state index contributed by atoms with van der Waals surface area (Å²) in [5.74, 6) is -0.224. The summed E-state index contributed by atoms with van der Waals surface area (Å²) in [6.45, 7) is 0.373. The molecule has 0 aromatic heterocycles. The van der Waals surface area contributed by atoms with E-state index in [0.29, 0.717) is 12.1 Å². The Morgan fingerprint density at radius 3 is 2.67 bits per heavy atom. The molecule has 0 aliphatic rings. The molecule has 0 unspecified atom stereocenters. The average Bonchev–Trinajstić information content (AvgIpc) is 2.09. The van der Waals surface area contributed by atoms with Gasteiger partial charge < -0.3 is 5.11 Å². The van der Waals surface area contributed by atoms with E-state index in [1.165, 1.54) is 6.07 Å². The highest BCUT2D eigenvalue weighted by molar-refractivity contribution is 5.16. The molecule has 66 valence electrons. The molecule has 0 aliphatic heterocycles. The monoisotopic (exact) mass is 169 g/mol. The summed E-state index contributed by atoms with van der Waals surface area (Å²) in [6.07, 6.45) is 0. The maximum atomic E-state index is 13.0. The smallest absolute Gasteiger partial charge is 0.127 e. The van der Waals surface area contributed by atoms with Gasteiger partial charge in [-0.05, 0) is 13.1 Å². The van der Waals surface area contributed by atoms with Gasteiger partial charge in [-0.2, -0.15) is 0 Å². The molecule has 0 heterocycles. The number of aliphatic hydroxyl groups excluding tert-OH is 1. The molecule has 0 saturated carbocycles. The van der Waals surface area contributed by atoms with E-state index in [1.54, 1.807) is 30.1 Å². The fourth-order valence-electron chi connectivity index (χ4n) is 0.967. The van der Waals surface area contributed by atoms with Crippen molar-refractivity contribution in [3.05, 3.63) is 35.6 Å². The summed E-state index contributed by atoms with van der Waals surface area (Å²) < 4.78 is 13.0. The van der Waals surface area contributed by atoms with Crippen molar-refractivity contribution in [3.8, 4) is 0 Å². The largest absolute Gasteiger partial charge is 0.381 e. The van der Waals surface area contributed by atoms with Crippen molar-refractivity contribution in [2.24, 2.45) is 0 Å². The summed E-state index contributed by atoms with van der Waals surface area (Å²) in [5.41, 5.74) is 0.606. The lowest BCUT2D eigenvalue weighted by molar-refractivity contribution is 0.126. The molecule has 0 atom stereocenters. The zero-order chi connectivity index (χ0) is 8.97. The maximum Gasteiger partial charge on any atom is 0.127 e. The molecule has 0 spiro atoms. The van der Waals surface area contributed by atoms with Gasteiger partial charge in [0, 0.05) is 12.1 Å². The second-order valence-corrected chi connectivity index (χ2v) is 2.75. The topological polar surface area (TPSA) is 23.5 Å². The van der Waals surface area contributed by atoms with E-state index >= 15 is 0 Å². The molecule has 0 aliphatic carbocycles. The number of hydrogen-bond acceptors (Lipinski definition) is 2. The highest BCUT2D eigenvalue weighted by atomic mass is 19.1. The lowest BCUT2D eigenvalue weighted by Crippen LogP contribution is -2.19. The molecular formula is C9H12FNO. The van der Waals surface area contributed by atoms with Crippen molar-refractivity contribution in [3.63, 3.8) is 0 Å². The number of hydrogen-bond donors (Lipinski definition) is 1. The number of halogens is 1. The van der Waals surface area contributed by atoms with Crippen molar-refractivity contribution in [2.45, 2.75) is 6.54 Å². The minimum Gasteiger partial charge on any atom is -0.381 e. The van der Waals surface area contributed by atoms with E-state index in [4.69, 9.17) is 5.11 Å². The summed E-state index contributed by atoms with van der Waals surface area (Å²) in [7, 11) is 1.73.